The molecule has 0 aliphatic carbocycles. The van der Waals surface area contributed by atoms with Crippen molar-refractivity contribution in [2.24, 2.45) is 0 Å². The van der Waals surface area contributed by atoms with Crippen LogP contribution in [0.3, 0.4) is 0 Å². The Labute approximate surface area is 197 Å². The zero-order valence-electron chi connectivity index (χ0n) is 18.8. The van der Waals surface area contributed by atoms with Crippen LogP contribution in [0.1, 0.15) is 15.9 Å². The quantitative estimate of drug-likeness (QED) is 0.415. The topological polar surface area (TPSA) is 94.5 Å². The number of hydrazine groups is 1. The van der Waals surface area contributed by atoms with Crippen LogP contribution in [0, 0.1) is 0 Å². The number of nitrogens with zero attached hydrogens (tertiary/aromatic N) is 2. The van der Waals surface area contributed by atoms with Gasteiger partial charge in [0, 0.05) is 23.4 Å². The van der Waals surface area contributed by atoms with Crippen molar-refractivity contribution in [1.82, 2.24) is 20.6 Å². The molecule has 4 aromatic rings. The molecule has 2 amide bonds. The summed E-state index contributed by atoms with van der Waals surface area (Å²) in [4.78, 5) is 25.5. The van der Waals surface area contributed by atoms with E-state index in [0.717, 1.165) is 11.3 Å². The molecule has 172 valence electrons. The highest BCUT2D eigenvalue weighted by Crippen LogP contribution is 2.25. The van der Waals surface area contributed by atoms with Gasteiger partial charge in [0.15, 0.2) is 0 Å². The molecule has 0 saturated carbocycles. The lowest BCUT2D eigenvalue weighted by Crippen LogP contribution is -2.42. The molecule has 0 spiro atoms. The number of hydrogen-bond donors (Lipinski definition) is 2. The summed E-state index contributed by atoms with van der Waals surface area (Å²) >= 11 is 0. The fourth-order valence-corrected chi connectivity index (χ4v) is 3.47. The summed E-state index contributed by atoms with van der Waals surface area (Å²) in [6.45, 7) is 0. The summed E-state index contributed by atoms with van der Waals surface area (Å²) in [6.07, 6.45) is 1.66. The first-order chi connectivity index (χ1) is 16.6. The molecule has 2 N–H and O–H groups in total. The lowest BCUT2D eigenvalue weighted by atomic mass is 10.1. The number of rotatable bonds is 7. The molecule has 0 saturated heterocycles. The lowest BCUT2D eigenvalue weighted by molar-refractivity contribution is -0.121. The highest BCUT2D eigenvalue weighted by Gasteiger charge is 2.19. The minimum Gasteiger partial charge on any atom is -0.497 e. The number of carbonyl (C=O) groups excluding carboxylic acids is 2. The normalized spacial score (nSPS) is 10.4. The number of aromatic nitrogens is 2. The second-order valence-electron chi connectivity index (χ2n) is 7.39. The van der Waals surface area contributed by atoms with E-state index in [1.807, 2.05) is 60.7 Å². The smallest absolute Gasteiger partial charge is 0.273 e. The van der Waals surface area contributed by atoms with Crippen molar-refractivity contribution in [1.29, 1.82) is 0 Å². The predicted molar refractivity (Wildman–Crippen MR) is 128 cm³/mol. The van der Waals surface area contributed by atoms with E-state index in [1.54, 1.807) is 36.2 Å². The van der Waals surface area contributed by atoms with Crippen LogP contribution in [0.25, 0.3) is 16.9 Å². The van der Waals surface area contributed by atoms with E-state index >= 15 is 0 Å². The number of carbonyl (C=O) groups is 2. The van der Waals surface area contributed by atoms with Gasteiger partial charge in [-0.05, 0) is 18.2 Å². The molecule has 1 heterocycles. The molecule has 34 heavy (non-hydrogen) atoms. The molecule has 8 nitrogen and oxygen atoms in total. The van der Waals surface area contributed by atoms with Gasteiger partial charge in [-0.15, -0.1) is 0 Å². The number of para-hydroxylation sites is 1. The first kappa shape index (κ1) is 22.6. The third-order valence-corrected chi connectivity index (χ3v) is 5.19. The van der Waals surface area contributed by atoms with Crippen LogP contribution in [-0.4, -0.2) is 35.8 Å². The van der Waals surface area contributed by atoms with Gasteiger partial charge < -0.3 is 9.47 Å². The number of ether oxygens (including phenoxy) is 2. The zero-order valence-corrected chi connectivity index (χ0v) is 18.8. The Bertz CT molecular complexity index is 1290. The van der Waals surface area contributed by atoms with Gasteiger partial charge in [-0.25, -0.2) is 4.68 Å². The molecular weight excluding hydrogens is 432 g/mol. The van der Waals surface area contributed by atoms with Crippen molar-refractivity contribution in [3.05, 3.63) is 96.2 Å². The van der Waals surface area contributed by atoms with E-state index in [9.17, 15) is 9.59 Å². The average molecular weight is 457 g/mol. The Morgan fingerprint density at radius 2 is 1.59 bits per heavy atom. The third-order valence-electron chi connectivity index (χ3n) is 5.19. The molecule has 0 aliphatic rings. The summed E-state index contributed by atoms with van der Waals surface area (Å²) in [5.41, 5.74) is 8.08. The molecule has 3 aromatic carbocycles. The first-order valence-electron chi connectivity index (χ1n) is 10.6. The molecular formula is C26H24N4O4. The van der Waals surface area contributed by atoms with Gasteiger partial charge >= 0.3 is 0 Å². The fraction of sp³-hybridized carbons (Fsp3) is 0.115. The lowest BCUT2D eigenvalue weighted by Gasteiger charge is -2.11. The number of benzene rings is 3. The standard InChI is InChI=1S/C26H24N4O4/c1-33-21-14-13-19(23(16-21)34-2)15-24(31)27-28-26(32)22-17-30(20-11-7-4-8-12-20)29-25(22)18-9-5-3-6-10-18/h3-14,16-17H,15H2,1-2H3,(H,27,31)(H,28,32). The van der Waals surface area contributed by atoms with Gasteiger partial charge in [0.05, 0.1) is 31.9 Å². The Morgan fingerprint density at radius 3 is 2.26 bits per heavy atom. The van der Waals surface area contributed by atoms with E-state index in [0.29, 0.717) is 28.3 Å². The third kappa shape index (κ3) is 5.07. The van der Waals surface area contributed by atoms with Crippen LogP contribution in [0.2, 0.25) is 0 Å². The van der Waals surface area contributed by atoms with Gasteiger partial charge in [0.25, 0.3) is 5.91 Å². The summed E-state index contributed by atoms with van der Waals surface area (Å²) < 4.78 is 12.2. The molecule has 0 unspecified atom stereocenters. The predicted octanol–water partition coefficient (Wildman–Crippen LogP) is 3.56. The van der Waals surface area contributed by atoms with Gasteiger partial charge in [0.2, 0.25) is 5.91 Å². The Morgan fingerprint density at radius 1 is 0.882 bits per heavy atom. The Balaban J connectivity index is 1.51. The van der Waals surface area contributed by atoms with Crippen LogP contribution in [0.5, 0.6) is 11.5 Å². The maximum Gasteiger partial charge on any atom is 0.273 e. The Hall–Kier alpha value is -4.59. The summed E-state index contributed by atoms with van der Waals surface area (Å²) in [7, 11) is 3.08. The van der Waals surface area contributed by atoms with Crippen LogP contribution in [0.15, 0.2) is 85.1 Å². The Kier molecular flexibility index (Phi) is 6.88. The minimum atomic E-state index is -0.476. The van der Waals surface area contributed by atoms with E-state index < -0.39 is 11.8 Å². The fourth-order valence-electron chi connectivity index (χ4n) is 3.47. The van der Waals surface area contributed by atoms with Gasteiger partial charge in [-0.1, -0.05) is 54.6 Å². The van der Waals surface area contributed by atoms with Crippen molar-refractivity contribution in [3.8, 4) is 28.4 Å². The summed E-state index contributed by atoms with van der Waals surface area (Å²) in [5.74, 6) is 0.277. The number of amides is 2. The highest BCUT2D eigenvalue weighted by molar-refractivity contribution is 6.00. The first-order valence-corrected chi connectivity index (χ1v) is 10.6. The van der Waals surface area contributed by atoms with Crippen LogP contribution in [-0.2, 0) is 11.2 Å². The van der Waals surface area contributed by atoms with Crippen molar-refractivity contribution in [3.63, 3.8) is 0 Å². The average Bonchev–Trinajstić information content (AvgIpc) is 3.34. The summed E-state index contributed by atoms with van der Waals surface area (Å²) in [6, 6.07) is 24.1. The highest BCUT2D eigenvalue weighted by atomic mass is 16.5. The summed E-state index contributed by atoms with van der Waals surface area (Å²) in [5, 5.41) is 4.62. The monoisotopic (exact) mass is 456 g/mol. The molecule has 8 heteroatoms. The number of hydrogen-bond acceptors (Lipinski definition) is 5. The maximum absolute atomic E-state index is 13.0. The van der Waals surface area contributed by atoms with Crippen LogP contribution < -0.4 is 20.3 Å². The molecule has 0 fully saturated rings. The van der Waals surface area contributed by atoms with E-state index in [1.165, 1.54) is 7.11 Å². The van der Waals surface area contributed by atoms with Crippen molar-refractivity contribution < 1.29 is 19.1 Å². The van der Waals surface area contributed by atoms with Crippen LogP contribution in [0.4, 0.5) is 0 Å². The van der Waals surface area contributed by atoms with Gasteiger partial charge in [0.1, 0.15) is 17.2 Å². The molecule has 0 aliphatic heterocycles. The zero-order chi connectivity index (χ0) is 23.9. The van der Waals surface area contributed by atoms with Crippen molar-refractivity contribution in [2.75, 3.05) is 14.2 Å². The van der Waals surface area contributed by atoms with Crippen molar-refractivity contribution in [2.45, 2.75) is 6.42 Å². The molecule has 1 aromatic heterocycles. The second-order valence-corrected chi connectivity index (χ2v) is 7.39. The van der Waals surface area contributed by atoms with E-state index in [-0.39, 0.29) is 6.42 Å². The molecule has 0 radical (unpaired) electrons. The minimum absolute atomic E-state index is 0.0161. The largest absolute Gasteiger partial charge is 0.497 e. The van der Waals surface area contributed by atoms with Gasteiger partial charge in [-0.3, -0.25) is 20.4 Å². The van der Waals surface area contributed by atoms with E-state index in [2.05, 4.69) is 16.0 Å². The maximum atomic E-state index is 13.0. The number of methoxy groups -OCH3 is 2. The van der Waals surface area contributed by atoms with Crippen molar-refractivity contribution >= 4 is 11.8 Å². The van der Waals surface area contributed by atoms with Crippen LogP contribution >= 0.6 is 0 Å². The molecule has 0 bridgehead atoms. The molecule has 0 atom stereocenters. The van der Waals surface area contributed by atoms with E-state index in [4.69, 9.17) is 9.47 Å². The number of nitrogens with one attached hydrogen (secondary N) is 2. The van der Waals surface area contributed by atoms with Gasteiger partial charge in [-0.2, -0.15) is 5.10 Å². The molecule has 4 rings (SSSR count). The second kappa shape index (κ2) is 10.4. The SMILES string of the molecule is COc1ccc(CC(=O)NNC(=O)c2cn(-c3ccccc3)nc2-c2ccccc2)c(OC)c1.